The monoisotopic (exact) mass is 512 g/mol. The van der Waals surface area contributed by atoms with E-state index in [9.17, 15) is 14.7 Å². The molecule has 176 valence electrons. The van der Waals surface area contributed by atoms with Gasteiger partial charge in [0.25, 0.3) is 0 Å². The number of rotatable bonds is 10. The van der Waals surface area contributed by atoms with Gasteiger partial charge in [0.1, 0.15) is 12.3 Å². The zero-order valence-electron chi connectivity index (χ0n) is 17.4. The number of ether oxygens (including phenoxy) is 1. The van der Waals surface area contributed by atoms with Gasteiger partial charge in [-0.1, -0.05) is 47.5 Å². The first-order valence-electron chi connectivity index (χ1n) is 9.84. The number of hydroxylamine groups is 2. The first-order chi connectivity index (χ1) is 15.8. The highest BCUT2D eigenvalue weighted by Crippen LogP contribution is 2.32. The van der Waals surface area contributed by atoms with Crippen LogP contribution in [0.4, 0.5) is 0 Å². The number of thioether (sulfide) groups is 1. The predicted molar refractivity (Wildman–Crippen MR) is 125 cm³/mol. The molecule has 0 saturated carbocycles. The van der Waals surface area contributed by atoms with Crippen LogP contribution >= 0.6 is 35.0 Å². The van der Waals surface area contributed by atoms with Crippen LogP contribution in [0.3, 0.4) is 0 Å². The van der Waals surface area contributed by atoms with Crippen molar-refractivity contribution in [2.75, 3.05) is 32.2 Å². The Hall–Kier alpha value is -2.43. The van der Waals surface area contributed by atoms with Crippen molar-refractivity contribution in [2.45, 2.75) is 10.5 Å². The summed E-state index contributed by atoms with van der Waals surface area (Å²) in [6, 6.07) is 14.7. The maximum Gasteiger partial charge on any atom is 0.441 e. The molecule has 0 fully saturated rings. The zero-order valence-corrected chi connectivity index (χ0v) is 19.7. The Balaban J connectivity index is 1.63. The molecule has 2 aromatic carbocycles. The number of carboxylic acid groups (broad SMARTS) is 1. The molecule has 2 aromatic rings. The Kier molecular flexibility index (Phi) is 8.87. The van der Waals surface area contributed by atoms with Crippen molar-refractivity contribution in [3.8, 4) is 0 Å². The van der Waals surface area contributed by atoms with Crippen LogP contribution in [0.15, 0.2) is 65.8 Å². The number of hydrogen-bond donors (Lipinski definition) is 2. The van der Waals surface area contributed by atoms with Crippen LogP contribution in [0.1, 0.15) is 5.56 Å². The smallest absolute Gasteiger partial charge is 0.441 e. The van der Waals surface area contributed by atoms with Crippen LogP contribution in [-0.4, -0.2) is 64.3 Å². The highest BCUT2D eigenvalue weighted by Gasteiger charge is 2.35. The summed E-state index contributed by atoms with van der Waals surface area (Å²) in [5.41, 5.74) is -1.09. The lowest BCUT2D eigenvalue weighted by atomic mass is 9.94. The van der Waals surface area contributed by atoms with Crippen molar-refractivity contribution in [3.63, 3.8) is 0 Å². The molecule has 0 amide bonds. The minimum absolute atomic E-state index is 0.0242. The standard InChI is InChI=1S/C22H22Cl2N2O6S/c23-16-6-7-18(19(24)12-16)22(30,14-31-10-11-33-17-4-2-1-3-5-17)13-25-8-9-26(15-25)32-21(29)20(27)28/h1-9,12,30H,10-11,13-15H2,(H,27,28). The molecular formula is C22H22Cl2N2O6S. The van der Waals surface area contributed by atoms with E-state index in [0.717, 1.165) is 9.96 Å². The third kappa shape index (κ3) is 7.28. The van der Waals surface area contributed by atoms with E-state index in [4.69, 9.17) is 37.9 Å². The van der Waals surface area contributed by atoms with Crippen molar-refractivity contribution >= 4 is 46.9 Å². The topological polar surface area (TPSA) is 99.5 Å². The number of carboxylic acids is 1. The van der Waals surface area contributed by atoms with Gasteiger partial charge in [-0.05, 0) is 24.3 Å². The first-order valence-corrected chi connectivity index (χ1v) is 11.6. The fourth-order valence-corrected chi connectivity index (χ4v) is 4.51. The third-order valence-corrected chi connectivity index (χ3v) is 6.14. The maximum absolute atomic E-state index is 11.5. The number of halogens is 2. The van der Waals surface area contributed by atoms with Crippen molar-refractivity contribution in [1.29, 1.82) is 0 Å². The Labute approximate surface area is 205 Å². The summed E-state index contributed by atoms with van der Waals surface area (Å²) in [4.78, 5) is 29.5. The zero-order chi connectivity index (χ0) is 23.8. The van der Waals surface area contributed by atoms with E-state index in [0.29, 0.717) is 22.9 Å². The van der Waals surface area contributed by atoms with Gasteiger partial charge in [-0.2, -0.15) is 5.06 Å². The molecule has 0 saturated heterocycles. The molecule has 1 unspecified atom stereocenters. The summed E-state index contributed by atoms with van der Waals surface area (Å²) in [7, 11) is 0. The summed E-state index contributed by atoms with van der Waals surface area (Å²) in [6.45, 7) is 0.405. The summed E-state index contributed by atoms with van der Waals surface area (Å²) in [6.07, 6.45) is 2.96. The molecule has 1 aliphatic heterocycles. The Morgan fingerprint density at radius 3 is 2.58 bits per heavy atom. The van der Waals surface area contributed by atoms with Gasteiger partial charge in [0, 0.05) is 32.5 Å². The van der Waals surface area contributed by atoms with Crippen molar-refractivity contribution in [2.24, 2.45) is 0 Å². The molecule has 3 rings (SSSR count). The van der Waals surface area contributed by atoms with Gasteiger partial charge in [-0.25, -0.2) is 9.59 Å². The maximum atomic E-state index is 11.5. The van der Waals surface area contributed by atoms with Crippen LogP contribution in [0.25, 0.3) is 0 Å². The van der Waals surface area contributed by atoms with Crippen molar-refractivity contribution in [3.05, 3.63) is 76.5 Å². The number of aliphatic hydroxyl groups is 1. The minimum Gasteiger partial charge on any atom is -0.473 e. The lowest BCUT2D eigenvalue weighted by Crippen LogP contribution is -2.44. The molecule has 0 radical (unpaired) electrons. The molecule has 1 aliphatic rings. The van der Waals surface area contributed by atoms with Gasteiger partial charge in [-0.3, -0.25) is 0 Å². The Morgan fingerprint density at radius 2 is 1.88 bits per heavy atom. The summed E-state index contributed by atoms with van der Waals surface area (Å²) < 4.78 is 5.80. The predicted octanol–water partition coefficient (Wildman–Crippen LogP) is 3.58. The molecule has 11 heteroatoms. The second-order valence-corrected chi connectivity index (χ2v) is 9.17. The number of benzene rings is 2. The van der Waals surface area contributed by atoms with Gasteiger partial charge < -0.3 is 24.7 Å². The number of β-amino-alcohol motifs (C(OH)–C–C–N with tert-alkyl or cyclic N) is 1. The van der Waals surface area contributed by atoms with E-state index in [1.165, 1.54) is 12.3 Å². The molecular weight excluding hydrogens is 491 g/mol. The largest absolute Gasteiger partial charge is 0.473 e. The van der Waals surface area contributed by atoms with Crippen LogP contribution in [-0.2, 0) is 24.8 Å². The van der Waals surface area contributed by atoms with E-state index in [1.807, 2.05) is 30.3 Å². The van der Waals surface area contributed by atoms with Gasteiger partial charge >= 0.3 is 11.9 Å². The Bertz CT molecular complexity index is 1010. The van der Waals surface area contributed by atoms with Crippen molar-refractivity contribution in [1.82, 2.24) is 9.96 Å². The minimum atomic E-state index is -1.70. The summed E-state index contributed by atoms with van der Waals surface area (Å²) in [5, 5.41) is 22.0. The molecule has 1 heterocycles. The van der Waals surface area contributed by atoms with E-state index in [1.54, 1.807) is 35.0 Å². The van der Waals surface area contributed by atoms with Gasteiger partial charge in [0.2, 0.25) is 0 Å². The molecule has 0 spiro atoms. The lowest BCUT2D eigenvalue weighted by molar-refractivity contribution is -0.190. The summed E-state index contributed by atoms with van der Waals surface area (Å²) in [5.74, 6) is -2.42. The molecule has 0 aromatic heterocycles. The quantitative estimate of drug-likeness (QED) is 0.281. The van der Waals surface area contributed by atoms with Crippen LogP contribution in [0, 0.1) is 0 Å². The number of aliphatic carboxylic acids is 1. The van der Waals surface area contributed by atoms with Gasteiger partial charge in [-0.15, -0.1) is 11.8 Å². The molecule has 0 aliphatic carbocycles. The fourth-order valence-electron chi connectivity index (χ4n) is 3.14. The Morgan fingerprint density at radius 1 is 1.12 bits per heavy atom. The van der Waals surface area contributed by atoms with Crippen LogP contribution in [0.5, 0.6) is 0 Å². The number of carbonyl (C=O) groups excluding carboxylic acids is 1. The molecule has 2 N–H and O–H groups in total. The van der Waals surface area contributed by atoms with Gasteiger partial charge in [0.15, 0.2) is 0 Å². The average Bonchev–Trinajstić information content (AvgIpc) is 3.20. The van der Waals surface area contributed by atoms with Crippen LogP contribution in [0.2, 0.25) is 10.0 Å². The van der Waals surface area contributed by atoms with Gasteiger partial charge in [0.05, 0.1) is 26.0 Å². The lowest BCUT2D eigenvalue weighted by Gasteiger charge is -2.33. The fraction of sp³-hybridized carbons (Fsp3) is 0.273. The van der Waals surface area contributed by atoms with E-state index in [2.05, 4.69) is 0 Å². The highest BCUT2D eigenvalue weighted by atomic mass is 35.5. The second-order valence-electron chi connectivity index (χ2n) is 7.16. The molecule has 8 nitrogen and oxygen atoms in total. The second kappa shape index (κ2) is 11.6. The highest BCUT2D eigenvalue weighted by molar-refractivity contribution is 7.99. The first kappa shape index (κ1) is 25.2. The van der Waals surface area contributed by atoms with E-state index < -0.39 is 17.5 Å². The van der Waals surface area contributed by atoms with Crippen LogP contribution < -0.4 is 0 Å². The normalized spacial score (nSPS) is 14.9. The molecule has 0 bridgehead atoms. The summed E-state index contributed by atoms with van der Waals surface area (Å²) >= 11 is 14.0. The SMILES string of the molecule is O=C(O)C(=O)ON1C=CN(CC(O)(COCCSc2ccccc2)c2ccc(Cl)cc2Cl)C1. The van der Waals surface area contributed by atoms with E-state index >= 15 is 0 Å². The average molecular weight is 513 g/mol. The number of nitrogens with zero attached hydrogens (tertiary/aromatic N) is 2. The number of carbonyl (C=O) groups is 2. The number of hydrogen-bond acceptors (Lipinski definition) is 8. The van der Waals surface area contributed by atoms with Crippen molar-refractivity contribution < 1.29 is 29.4 Å². The van der Waals surface area contributed by atoms with E-state index in [-0.39, 0.29) is 24.8 Å². The molecule has 33 heavy (non-hydrogen) atoms. The molecule has 1 atom stereocenters. The third-order valence-electron chi connectivity index (χ3n) is 4.62.